The maximum absolute atomic E-state index is 13.6. The van der Waals surface area contributed by atoms with Crippen molar-refractivity contribution in [2.45, 2.75) is 25.0 Å². The minimum Gasteiger partial charge on any atom is -0.478 e. The van der Waals surface area contributed by atoms with Gasteiger partial charge in [-0.25, -0.2) is 9.59 Å². The lowest BCUT2D eigenvalue weighted by molar-refractivity contribution is -0.164. The zero-order valence-electron chi connectivity index (χ0n) is 22.1. The number of benzene rings is 3. The largest absolute Gasteiger partial charge is 0.478 e. The molecule has 1 aliphatic heterocycles. The van der Waals surface area contributed by atoms with Gasteiger partial charge >= 0.3 is 11.9 Å². The summed E-state index contributed by atoms with van der Waals surface area (Å²) in [4.78, 5) is 31.8. The second kappa shape index (κ2) is 12.2. The fraction of sp³-hybridized carbons (Fsp3) is 0.242. The molecule has 1 saturated heterocycles. The first-order chi connectivity index (χ1) is 19.4. The van der Waals surface area contributed by atoms with Crippen LogP contribution >= 0.6 is 0 Å². The van der Waals surface area contributed by atoms with E-state index in [2.05, 4.69) is 34.1 Å². The van der Waals surface area contributed by atoms with Crippen LogP contribution in [0, 0.1) is 5.92 Å². The van der Waals surface area contributed by atoms with Crippen molar-refractivity contribution in [1.29, 1.82) is 0 Å². The summed E-state index contributed by atoms with van der Waals surface area (Å²) in [6.45, 7) is 2.98. The van der Waals surface area contributed by atoms with Crippen LogP contribution in [-0.4, -0.2) is 51.7 Å². The summed E-state index contributed by atoms with van der Waals surface area (Å²) in [6.07, 6.45) is 3.24. The van der Waals surface area contributed by atoms with Gasteiger partial charge in [-0.2, -0.15) is 0 Å². The first-order valence-electron chi connectivity index (χ1n) is 13.4. The Hall–Kier alpha value is -4.33. The molecule has 3 aromatic carbocycles. The van der Waals surface area contributed by atoms with Gasteiger partial charge in [0.15, 0.2) is 0 Å². The molecule has 0 bridgehead atoms. The molecule has 4 aromatic rings. The smallest absolute Gasteiger partial charge is 0.347 e. The molecule has 0 unspecified atom stereocenters. The molecule has 5 rings (SSSR count). The Labute approximate surface area is 233 Å². The lowest BCUT2D eigenvalue weighted by Gasteiger charge is -2.33. The van der Waals surface area contributed by atoms with Gasteiger partial charge in [0.25, 0.3) is 0 Å². The summed E-state index contributed by atoms with van der Waals surface area (Å²) >= 11 is 0. The van der Waals surface area contributed by atoms with Crippen LogP contribution in [0.25, 0.3) is 11.3 Å². The number of carboxylic acid groups (broad SMARTS) is 1. The quantitative estimate of drug-likeness (QED) is 0.286. The summed E-state index contributed by atoms with van der Waals surface area (Å²) in [7, 11) is 0. The summed E-state index contributed by atoms with van der Waals surface area (Å²) in [5.41, 5.74) is 1.05. The summed E-state index contributed by atoms with van der Waals surface area (Å²) in [5.74, 6) is -1.59. The van der Waals surface area contributed by atoms with E-state index in [1.54, 1.807) is 48.5 Å². The number of likely N-dealkylation sites (tertiary alicyclic amines) is 1. The van der Waals surface area contributed by atoms with Gasteiger partial charge in [-0.05, 0) is 61.2 Å². The Balaban J connectivity index is 1.32. The van der Waals surface area contributed by atoms with Crippen LogP contribution < -0.4 is 0 Å². The maximum atomic E-state index is 13.6. The van der Waals surface area contributed by atoms with Gasteiger partial charge in [0.05, 0.1) is 17.9 Å². The van der Waals surface area contributed by atoms with Crippen LogP contribution in [0.5, 0.6) is 0 Å². The molecule has 0 radical (unpaired) electrons. The van der Waals surface area contributed by atoms with Gasteiger partial charge in [-0.3, -0.25) is 9.88 Å². The molecule has 40 heavy (non-hydrogen) atoms. The molecule has 1 aliphatic rings. The SMILES string of the molecule is O=C(O)c1ccnc(-c2cccc([C@](O)(C(=O)OCC3CCN(Cc4ccccc4)CC3)c3ccccc3)c2)c1. The predicted octanol–water partition coefficient (Wildman–Crippen LogP) is 5.14. The van der Waals surface area contributed by atoms with Gasteiger partial charge in [0, 0.05) is 23.9 Å². The third-order valence-corrected chi connectivity index (χ3v) is 7.48. The number of hydrogen-bond acceptors (Lipinski definition) is 6. The highest BCUT2D eigenvalue weighted by Gasteiger charge is 2.42. The number of aromatic nitrogens is 1. The molecule has 2 heterocycles. The van der Waals surface area contributed by atoms with Crippen LogP contribution in [0.4, 0.5) is 0 Å². The van der Waals surface area contributed by atoms with Crippen molar-refractivity contribution in [2.24, 2.45) is 5.92 Å². The average molecular weight is 537 g/mol. The van der Waals surface area contributed by atoms with Crippen LogP contribution in [0.15, 0.2) is 103 Å². The number of aliphatic hydroxyl groups is 1. The minimum absolute atomic E-state index is 0.1000. The number of rotatable bonds is 9. The molecular formula is C33H32N2O5. The van der Waals surface area contributed by atoms with E-state index in [1.165, 1.54) is 23.9 Å². The highest BCUT2D eigenvalue weighted by Crippen LogP contribution is 2.34. The molecule has 0 aliphatic carbocycles. The van der Waals surface area contributed by atoms with Crippen molar-refractivity contribution in [3.63, 3.8) is 0 Å². The number of esters is 1. The molecule has 7 heteroatoms. The monoisotopic (exact) mass is 536 g/mol. The Morgan fingerprint density at radius 1 is 0.875 bits per heavy atom. The van der Waals surface area contributed by atoms with Gasteiger partial charge in [-0.1, -0.05) is 78.9 Å². The van der Waals surface area contributed by atoms with E-state index < -0.39 is 17.5 Å². The Kier molecular flexibility index (Phi) is 8.34. The third-order valence-electron chi connectivity index (χ3n) is 7.48. The van der Waals surface area contributed by atoms with Gasteiger partial charge < -0.3 is 14.9 Å². The Bertz CT molecular complexity index is 1450. The minimum atomic E-state index is -2.05. The lowest BCUT2D eigenvalue weighted by atomic mass is 9.85. The number of carboxylic acids is 1. The highest BCUT2D eigenvalue weighted by molar-refractivity contribution is 5.89. The van der Waals surface area contributed by atoms with Crippen molar-refractivity contribution in [3.05, 3.63) is 126 Å². The topological polar surface area (TPSA) is 100.0 Å². The summed E-state index contributed by atoms with van der Waals surface area (Å²) in [6, 6.07) is 28.8. The number of hydrogen-bond donors (Lipinski definition) is 2. The first-order valence-corrected chi connectivity index (χ1v) is 13.4. The van der Waals surface area contributed by atoms with Crippen molar-refractivity contribution in [2.75, 3.05) is 19.7 Å². The molecule has 7 nitrogen and oxygen atoms in total. The Morgan fingerprint density at radius 2 is 1.55 bits per heavy atom. The van der Waals surface area contributed by atoms with E-state index in [1.807, 2.05) is 12.1 Å². The van der Waals surface area contributed by atoms with E-state index in [0.29, 0.717) is 22.4 Å². The van der Waals surface area contributed by atoms with E-state index in [-0.39, 0.29) is 18.1 Å². The number of pyridine rings is 1. The molecule has 0 saturated carbocycles. The fourth-order valence-corrected chi connectivity index (χ4v) is 5.16. The number of ether oxygens (including phenoxy) is 1. The third kappa shape index (κ3) is 6.11. The molecule has 1 fully saturated rings. The highest BCUT2D eigenvalue weighted by atomic mass is 16.5. The van der Waals surface area contributed by atoms with E-state index in [0.717, 1.165) is 32.5 Å². The van der Waals surface area contributed by atoms with Crippen molar-refractivity contribution >= 4 is 11.9 Å². The molecule has 1 atom stereocenters. The molecule has 2 N–H and O–H groups in total. The number of carbonyl (C=O) groups excluding carboxylic acids is 1. The number of piperidine rings is 1. The number of aromatic carboxylic acids is 1. The zero-order chi connectivity index (χ0) is 28.0. The van der Waals surface area contributed by atoms with Crippen LogP contribution in [0.1, 0.15) is 39.9 Å². The van der Waals surface area contributed by atoms with Gasteiger partial charge in [-0.15, -0.1) is 0 Å². The molecule has 0 amide bonds. The van der Waals surface area contributed by atoms with Crippen molar-refractivity contribution in [1.82, 2.24) is 9.88 Å². The second-order valence-electron chi connectivity index (χ2n) is 10.2. The predicted molar refractivity (Wildman–Crippen MR) is 151 cm³/mol. The normalized spacial score (nSPS) is 15.7. The Morgan fingerprint density at radius 3 is 2.25 bits per heavy atom. The average Bonchev–Trinajstić information content (AvgIpc) is 3.01. The van der Waals surface area contributed by atoms with Crippen LogP contribution in [0.2, 0.25) is 0 Å². The van der Waals surface area contributed by atoms with E-state index in [9.17, 15) is 19.8 Å². The van der Waals surface area contributed by atoms with Crippen molar-refractivity contribution < 1.29 is 24.5 Å². The maximum Gasteiger partial charge on any atom is 0.347 e. The number of carbonyl (C=O) groups is 2. The fourth-order valence-electron chi connectivity index (χ4n) is 5.16. The lowest BCUT2D eigenvalue weighted by Crippen LogP contribution is -2.40. The molecule has 204 valence electrons. The van der Waals surface area contributed by atoms with Gasteiger partial charge in [0.1, 0.15) is 0 Å². The molecule has 0 spiro atoms. The standard InChI is InChI=1S/C33H32N2O5/c36-31(37)27-14-17-34-30(21-27)26-10-7-13-29(20-26)33(39,28-11-5-2-6-12-28)32(38)40-23-25-15-18-35(19-16-25)22-24-8-3-1-4-9-24/h1-14,17,20-21,25,39H,15-16,18-19,22-23H2,(H,36,37)/t33-/m0/s1. The summed E-state index contributed by atoms with van der Waals surface area (Å²) in [5, 5.41) is 21.4. The number of nitrogens with zero attached hydrogens (tertiary/aromatic N) is 2. The first kappa shape index (κ1) is 27.2. The van der Waals surface area contributed by atoms with Crippen LogP contribution in [-0.2, 0) is 21.7 Å². The second-order valence-corrected chi connectivity index (χ2v) is 10.2. The van der Waals surface area contributed by atoms with E-state index >= 15 is 0 Å². The van der Waals surface area contributed by atoms with Crippen LogP contribution in [0.3, 0.4) is 0 Å². The van der Waals surface area contributed by atoms with Gasteiger partial charge in [0.2, 0.25) is 5.60 Å². The summed E-state index contributed by atoms with van der Waals surface area (Å²) < 4.78 is 5.80. The van der Waals surface area contributed by atoms with E-state index in [4.69, 9.17) is 4.74 Å². The molecular weight excluding hydrogens is 504 g/mol. The zero-order valence-corrected chi connectivity index (χ0v) is 22.1. The molecule has 1 aromatic heterocycles. The van der Waals surface area contributed by atoms with Crippen molar-refractivity contribution in [3.8, 4) is 11.3 Å².